The highest BCUT2D eigenvalue weighted by Crippen LogP contribution is 2.36. The van der Waals surface area contributed by atoms with Crippen LogP contribution in [0.25, 0.3) is 11.4 Å². The maximum atomic E-state index is 14.5. The standard InChI is InChI=1S/C22H22F5N7O/c1-13-7-21(23,24)12-34(17(13)10-31-20-29-8-14(9-30-20)22(25,26)27)19(35)15-11-33(2)32-18(15)16-5-3-4-6-28-16/h3-6,8-9,11,13,17H,7,10,12H2,1-2H3,(H,29,30,31)/t13-,17-/m1/s1. The van der Waals surface area contributed by atoms with Crippen molar-refractivity contribution in [1.29, 1.82) is 0 Å². The van der Waals surface area contributed by atoms with Gasteiger partial charge in [-0.15, -0.1) is 0 Å². The third kappa shape index (κ3) is 5.38. The van der Waals surface area contributed by atoms with Crippen molar-refractivity contribution in [2.24, 2.45) is 13.0 Å². The smallest absolute Gasteiger partial charge is 0.352 e. The third-order valence-corrected chi connectivity index (χ3v) is 5.76. The van der Waals surface area contributed by atoms with Crippen LogP contribution < -0.4 is 5.32 Å². The van der Waals surface area contributed by atoms with Gasteiger partial charge in [0.15, 0.2) is 0 Å². The molecule has 8 nitrogen and oxygen atoms in total. The summed E-state index contributed by atoms with van der Waals surface area (Å²) in [5, 5.41) is 7.07. The highest BCUT2D eigenvalue weighted by molar-refractivity contribution is 5.99. The molecule has 3 aromatic heterocycles. The van der Waals surface area contributed by atoms with Gasteiger partial charge >= 0.3 is 6.18 Å². The van der Waals surface area contributed by atoms with Gasteiger partial charge in [0.05, 0.1) is 29.4 Å². The summed E-state index contributed by atoms with van der Waals surface area (Å²) < 4.78 is 68.7. The molecule has 13 heteroatoms. The van der Waals surface area contributed by atoms with E-state index in [1.807, 2.05) is 0 Å². The number of nitrogens with zero attached hydrogens (tertiary/aromatic N) is 6. The Bertz CT molecular complexity index is 1180. The van der Waals surface area contributed by atoms with Gasteiger partial charge in [0.1, 0.15) is 5.69 Å². The number of rotatable bonds is 5. The Labute approximate surface area is 197 Å². The number of pyridine rings is 1. The van der Waals surface area contributed by atoms with Gasteiger partial charge in [-0.3, -0.25) is 14.5 Å². The quantitative estimate of drug-likeness (QED) is 0.541. The first kappa shape index (κ1) is 24.5. The zero-order chi connectivity index (χ0) is 25.4. The summed E-state index contributed by atoms with van der Waals surface area (Å²) in [5.41, 5.74) is -0.213. The van der Waals surface area contributed by atoms with Crippen molar-refractivity contribution in [3.63, 3.8) is 0 Å². The van der Waals surface area contributed by atoms with Crippen LogP contribution in [0.2, 0.25) is 0 Å². The number of hydrogen-bond acceptors (Lipinski definition) is 6. The van der Waals surface area contributed by atoms with Gasteiger partial charge in [-0.05, 0) is 18.1 Å². The van der Waals surface area contributed by atoms with E-state index in [4.69, 9.17) is 0 Å². The van der Waals surface area contributed by atoms with Gasteiger partial charge in [-0.2, -0.15) is 18.3 Å². The fourth-order valence-corrected chi connectivity index (χ4v) is 4.13. The molecule has 4 rings (SSSR count). The van der Waals surface area contributed by atoms with Crippen molar-refractivity contribution in [3.05, 3.63) is 54.1 Å². The van der Waals surface area contributed by atoms with Gasteiger partial charge in [0.25, 0.3) is 11.8 Å². The summed E-state index contributed by atoms with van der Waals surface area (Å²) in [6.45, 7) is 0.747. The number of aromatic nitrogens is 5. The highest BCUT2D eigenvalue weighted by atomic mass is 19.4. The van der Waals surface area contributed by atoms with Crippen LogP contribution in [0.15, 0.2) is 43.0 Å². The van der Waals surface area contributed by atoms with E-state index in [1.54, 1.807) is 32.2 Å². The number of alkyl halides is 5. The van der Waals surface area contributed by atoms with E-state index in [0.29, 0.717) is 18.1 Å². The predicted molar refractivity (Wildman–Crippen MR) is 116 cm³/mol. The first-order valence-corrected chi connectivity index (χ1v) is 10.7. The minimum absolute atomic E-state index is 0.0342. The normalized spacial score (nSPS) is 20.0. The van der Waals surface area contributed by atoms with Crippen LogP contribution in [0, 0.1) is 5.92 Å². The zero-order valence-corrected chi connectivity index (χ0v) is 18.8. The number of aryl methyl sites for hydroxylation is 1. The maximum Gasteiger partial charge on any atom is 0.419 e. The van der Waals surface area contributed by atoms with E-state index in [-0.39, 0.29) is 23.8 Å². The first-order valence-electron chi connectivity index (χ1n) is 10.7. The molecule has 0 saturated carbocycles. The van der Waals surface area contributed by atoms with E-state index in [2.05, 4.69) is 25.4 Å². The van der Waals surface area contributed by atoms with Crippen molar-refractivity contribution in [3.8, 4) is 11.4 Å². The molecular weight excluding hydrogens is 473 g/mol. The first-order chi connectivity index (χ1) is 16.4. The Kier molecular flexibility index (Phi) is 6.43. The second-order valence-corrected chi connectivity index (χ2v) is 8.49. The third-order valence-electron chi connectivity index (χ3n) is 5.76. The number of carbonyl (C=O) groups is 1. The van der Waals surface area contributed by atoms with Gasteiger partial charge in [0.2, 0.25) is 5.95 Å². The van der Waals surface area contributed by atoms with Crippen LogP contribution >= 0.6 is 0 Å². The molecule has 0 radical (unpaired) electrons. The van der Waals surface area contributed by atoms with E-state index in [1.165, 1.54) is 17.1 Å². The summed E-state index contributed by atoms with van der Waals surface area (Å²) in [4.78, 5) is 26.1. The lowest BCUT2D eigenvalue weighted by Crippen LogP contribution is -2.57. The molecule has 2 atom stereocenters. The van der Waals surface area contributed by atoms with Gasteiger partial charge in [-0.1, -0.05) is 13.0 Å². The molecule has 1 N–H and O–H groups in total. The van der Waals surface area contributed by atoms with Crippen LogP contribution in [0.5, 0.6) is 0 Å². The zero-order valence-electron chi connectivity index (χ0n) is 18.8. The second-order valence-electron chi connectivity index (χ2n) is 8.49. The SMILES string of the molecule is C[C@@H]1CC(F)(F)CN(C(=O)c2cn(C)nc2-c2ccccn2)[C@@H]1CNc1ncc(C(F)(F)F)cn1. The number of halogens is 5. The topological polar surface area (TPSA) is 88.8 Å². The Balaban J connectivity index is 1.60. The average molecular weight is 495 g/mol. The Morgan fingerprint density at radius 2 is 1.91 bits per heavy atom. The van der Waals surface area contributed by atoms with Crippen LogP contribution in [-0.2, 0) is 13.2 Å². The molecule has 0 aromatic carbocycles. The number of hydrogen-bond donors (Lipinski definition) is 1. The molecule has 186 valence electrons. The summed E-state index contributed by atoms with van der Waals surface area (Å²) in [6.07, 6.45) is -0.784. The van der Waals surface area contributed by atoms with Crippen molar-refractivity contribution in [2.75, 3.05) is 18.4 Å². The number of piperidine rings is 1. The van der Waals surface area contributed by atoms with Crippen LogP contribution in [-0.4, -0.2) is 60.6 Å². The fourth-order valence-electron chi connectivity index (χ4n) is 4.13. The molecule has 1 saturated heterocycles. The molecule has 0 spiro atoms. The van der Waals surface area contributed by atoms with Crippen molar-refractivity contribution in [1.82, 2.24) is 29.6 Å². The average Bonchev–Trinajstić information content (AvgIpc) is 3.19. The van der Waals surface area contributed by atoms with Crippen molar-refractivity contribution in [2.45, 2.75) is 31.5 Å². The Hall–Kier alpha value is -3.64. The fraction of sp³-hybridized carbons (Fsp3) is 0.409. The van der Waals surface area contributed by atoms with Gasteiger partial charge < -0.3 is 10.2 Å². The van der Waals surface area contributed by atoms with Crippen LogP contribution in [0.1, 0.15) is 29.3 Å². The predicted octanol–water partition coefficient (Wildman–Crippen LogP) is 3.89. The molecule has 3 aromatic rings. The number of nitrogens with one attached hydrogen (secondary N) is 1. The Morgan fingerprint density at radius 1 is 1.20 bits per heavy atom. The lowest BCUT2D eigenvalue weighted by Gasteiger charge is -2.43. The molecule has 0 unspecified atom stereocenters. The Morgan fingerprint density at radius 3 is 2.54 bits per heavy atom. The molecule has 4 heterocycles. The molecule has 1 fully saturated rings. The van der Waals surface area contributed by atoms with Gasteiger partial charge in [-0.25, -0.2) is 18.7 Å². The summed E-state index contributed by atoms with van der Waals surface area (Å²) >= 11 is 0. The lowest BCUT2D eigenvalue weighted by molar-refractivity contribution is -0.138. The molecule has 1 amide bonds. The summed E-state index contributed by atoms with van der Waals surface area (Å²) in [5.74, 6) is -4.49. The largest absolute Gasteiger partial charge is 0.419 e. The maximum absolute atomic E-state index is 14.5. The molecule has 0 bridgehead atoms. The van der Waals surface area contributed by atoms with Crippen molar-refractivity contribution >= 4 is 11.9 Å². The van der Waals surface area contributed by atoms with E-state index in [0.717, 1.165) is 4.90 Å². The highest BCUT2D eigenvalue weighted by Gasteiger charge is 2.46. The van der Waals surface area contributed by atoms with E-state index >= 15 is 0 Å². The number of carbonyl (C=O) groups excluding carboxylic acids is 1. The number of likely N-dealkylation sites (tertiary alicyclic amines) is 1. The minimum Gasteiger partial charge on any atom is -0.352 e. The summed E-state index contributed by atoms with van der Waals surface area (Å²) in [7, 11) is 1.61. The number of amides is 1. The van der Waals surface area contributed by atoms with Crippen LogP contribution in [0.4, 0.5) is 27.9 Å². The molecule has 1 aliphatic rings. The summed E-state index contributed by atoms with van der Waals surface area (Å²) in [6, 6.07) is 4.38. The van der Waals surface area contributed by atoms with E-state index in [9.17, 15) is 26.7 Å². The lowest BCUT2D eigenvalue weighted by atomic mass is 9.88. The molecule has 1 aliphatic heterocycles. The second kappa shape index (κ2) is 9.19. The number of anilines is 1. The minimum atomic E-state index is -4.58. The van der Waals surface area contributed by atoms with Gasteiger partial charge in [0, 0.05) is 44.8 Å². The van der Waals surface area contributed by atoms with E-state index < -0.39 is 48.5 Å². The van der Waals surface area contributed by atoms with Crippen LogP contribution in [0.3, 0.4) is 0 Å². The molecular formula is C22H22F5N7O. The molecule has 35 heavy (non-hydrogen) atoms. The van der Waals surface area contributed by atoms with Crippen molar-refractivity contribution < 1.29 is 26.7 Å². The molecule has 0 aliphatic carbocycles. The monoisotopic (exact) mass is 495 g/mol.